The predicted molar refractivity (Wildman–Crippen MR) is 116 cm³/mol. The van der Waals surface area contributed by atoms with Gasteiger partial charge < -0.3 is 21.1 Å². The number of benzene rings is 2. The molecular formula is C23H24F5N3O4. The van der Waals surface area contributed by atoms with Crippen molar-refractivity contribution in [3.05, 3.63) is 59.9 Å². The van der Waals surface area contributed by atoms with Crippen LogP contribution in [0.15, 0.2) is 48.5 Å². The highest BCUT2D eigenvalue weighted by Gasteiger charge is 2.38. The van der Waals surface area contributed by atoms with Crippen molar-refractivity contribution in [2.24, 2.45) is 5.73 Å². The van der Waals surface area contributed by atoms with Crippen molar-refractivity contribution in [1.82, 2.24) is 10.2 Å². The Morgan fingerprint density at radius 2 is 1.54 bits per heavy atom. The first-order chi connectivity index (χ1) is 16.3. The van der Waals surface area contributed by atoms with E-state index in [0.717, 1.165) is 11.1 Å². The average Bonchev–Trinajstić information content (AvgIpc) is 3.25. The fraction of sp³-hybridized carbons (Fsp3) is 0.348. The molecule has 0 radical (unpaired) electrons. The molecule has 0 aliphatic carbocycles. The fourth-order valence-electron chi connectivity index (χ4n) is 3.47. The molecule has 12 heteroatoms. The van der Waals surface area contributed by atoms with Gasteiger partial charge in [0, 0.05) is 13.6 Å². The molecule has 0 aromatic heterocycles. The van der Waals surface area contributed by atoms with Gasteiger partial charge in [-0.1, -0.05) is 36.4 Å². The van der Waals surface area contributed by atoms with E-state index in [2.05, 4.69) is 5.32 Å². The molecular weight excluding hydrogens is 477 g/mol. The Balaban J connectivity index is 0.000000540. The quantitative estimate of drug-likeness (QED) is 0.546. The number of alkyl halides is 4. The summed E-state index contributed by atoms with van der Waals surface area (Å²) in [7, 11) is 1.48. The van der Waals surface area contributed by atoms with Crippen molar-refractivity contribution in [1.29, 1.82) is 0 Å². The fourth-order valence-corrected chi connectivity index (χ4v) is 3.47. The third-order valence-electron chi connectivity index (χ3n) is 5.31. The smallest absolute Gasteiger partial charge is 0.475 e. The van der Waals surface area contributed by atoms with E-state index in [1.165, 1.54) is 24.1 Å². The topological polar surface area (TPSA) is 113 Å². The van der Waals surface area contributed by atoms with Gasteiger partial charge in [-0.25, -0.2) is 13.6 Å². The average molecular weight is 501 g/mol. The number of hydrogen-bond donors (Lipinski definition) is 3. The van der Waals surface area contributed by atoms with Gasteiger partial charge in [-0.05, 0) is 35.2 Å². The van der Waals surface area contributed by atoms with Crippen molar-refractivity contribution in [2.45, 2.75) is 30.7 Å². The van der Waals surface area contributed by atoms with Crippen molar-refractivity contribution in [3.8, 4) is 11.1 Å². The molecule has 2 amide bonds. The molecule has 2 aromatic carbocycles. The summed E-state index contributed by atoms with van der Waals surface area (Å²) >= 11 is 0. The molecule has 1 fully saturated rings. The number of carboxylic acids is 1. The Kier molecular flexibility index (Phi) is 9.29. The van der Waals surface area contributed by atoms with Gasteiger partial charge in [0.05, 0.1) is 12.5 Å². The summed E-state index contributed by atoms with van der Waals surface area (Å²) in [5, 5.41) is 9.67. The standard InChI is InChI=1S/C21H23F2N3O2.C2HF3O2/c1-25-20(27)18(19(24)21(28)26-11-10-17(23)12-26)15-4-2-13(3-5-15)14-6-8-16(22)9-7-14;3-2(4,5)1(6)7/h2-9,17-19H,10-12,24H2,1H3,(H,25,27);(H,6,7)/t17-,18-,19-;/m0./s1. The van der Waals surface area contributed by atoms with Crippen LogP contribution in [0.4, 0.5) is 22.0 Å². The molecule has 2 aromatic rings. The van der Waals surface area contributed by atoms with Gasteiger partial charge in [-0.2, -0.15) is 13.2 Å². The zero-order valence-corrected chi connectivity index (χ0v) is 18.6. The number of carbonyl (C=O) groups is 3. The molecule has 1 aliphatic rings. The van der Waals surface area contributed by atoms with Gasteiger partial charge in [0.25, 0.3) is 0 Å². The minimum atomic E-state index is -5.08. The SMILES string of the molecule is CNC(=O)[C@@H](c1ccc(-c2ccc(F)cc2)cc1)[C@H](N)C(=O)N1CC[C@H](F)C1.O=C(O)C(F)(F)F. The lowest BCUT2D eigenvalue weighted by Crippen LogP contribution is -2.50. The highest BCUT2D eigenvalue weighted by Crippen LogP contribution is 2.26. The molecule has 4 N–H and O–H groups in total. The number of nitrogens with zero attached hydrogens (tertiary/aromatic N) is 1. The summed E-state index contributed by atoms with van der Waals surface area (Å²) in [5.41, 5.74) is 8.41. The minimum Gasteiger partial charge on any atom is -0.475 e. The summed E-state index contributed by atoms with van der Waals surface area (Å²) in [6.07, 6.45) is -5.85. The molecule has 0 saturated carbocycles. The van der Waals surface area contributed by atoms with Gasteiger partial charge in [0.2, 0.25) is 11.8 Å². The zero-order valence-electron chi connectivity index (χ0n) is 18.6. The molecule has 190 valence electrons. The normalized spacial score (nSPS) is 17.1. The lowest BCUT2D eigenvalue weighted by atomic mass is 9.89. The number of nitrogens with one attached hydrogen (secondary N) is 1. The van der Waals surface area contributed by atoms with Crippen LogP contribution >= 0.6 is 0 Å². The van der Waals surface area contributed by atoms with Crippen molar-refractivity contribution < 1.29 is 41.4 Å². The molecule has 0 bridgehead atoms. The third-order valence-corrected chi connectivity index (χ3v) is 5.31. The lowest BCUT2D eigenvalue weighted by molar-refractivity contribution is -0.192. The second-order valence-electron chi connectivity index (χ2n) is 7.72. The number of aliphatic carboxylic acids is 1. The van der Waals surface area contributed by atoms with Crippen molar-refractivity contribution in [3.63, 3.8) is 0 Å². The van der Waals surface area contributed by atoms with E-state index in [-0.39, 0.29) is 24.7 Å². The van der Waals surface area contributed by atoms with Gasteiger partial charge in [-0.3, -0.25) is 9.59 Å². The van der Waals surface area contributed by atoms with Gasteiger partial charge in [0.15, 0.2) is 0 Å². The van der Waals surface area contributed by atoms with E-state index in [4.69, 9.17) is 15.6 Å². The Morgan fingerprint density at radius 3 is 1.94 bits per heavy atom. The molecule has 3 atom stereocenters. The zero-order chi connectivity index (χ0) is 26.3. The number of halogens is 5. The van der Waals surface area contributed by atoms with E-state index in [9.17, 15) is 31.5 Å². The first-order valence-corrected chi connectivity index (χ1v) is 10.4. The Bertz CT molecular complexity index is 1030. The Hall–Kier alpha value is -3.54. The summed E-state index contributed by atoms with van der Waals surface area (Å²) in [5.74, 6) is -4.78. The van der Waals surface area contributed by atoms with Crippen molar-refractivity contribution in [2.75, 3.05) is 20.1 Å². The summed E-state index contributed by atoms with van der Waals surface area (Å²) in [4.78, 5) is 35.4. The number of likely N-dealkylation sites (tertiary alicyclic amines) is 1. The predicted octanol–water partition coefficient (Wildman–Crippen LogP) is 2.85. The van der Waals surface area contributed by atoms with Gasteiger partial charge >= 0.3 is 12.1 Å². The van der Waals surface area contributed by atoms with E-state index < -0.39 is 36.2 Å². The second kappa shape index (κ2) is 11.7. The summed E-state index contributed by atoms with van der Waals surface area (Å²) in [6.45, 7) is 0.314. The summed E-state index contributed by atoms with van der Waals surface area (Å²) < 4.78 is 58.3. The lowest BCUT2D eigenvalue weighted by Gasteiger charge is -2.26. The van der Waals surface area contributed by atoms with Crippen molar-refractivity contribution >= 4 is 17.8 Å². The van der Waals surface area contributed by atoms with Crippen LogP contribution in [0, 0.1) is 5.82 Å². The Morgan fingerprint density at radius 1 is 1.06 bits per heavy atom. The highest BCUT2D eigenvalue weighted by atomic mass is 19.4. The van der Waals surface area contributed by atoms with Crippen LogP contribution < -0.4 is 11.1 Å². The number of nitrogens with two attached hydrogens (primary N) is 1. The van der Waals surface area contributed by atoms with E-state index in [1.807, 2.05) is 0 Å². The first-order valence-electron chi connectivity index (χ1n) is 10.4. The van der Waals surface area contributed by atoms with Crippen LogP contribution in [0.5, 0.6) is 0 Å². The molecule has 3 rings (SSSR count). The molecule has 1 saturated heterocycles. The van der Waals surface area contributed by atoms with Crippen LogP contribution in [-0.4, -0.2) is 66.3 Å². The monoisotopic (exact) mass is 501 g/mol. The molecule has 0 unspecified atom stereocenters. The maximum absolute atomic E-state index is 13.4. The summed E-state index contributed by atoms with van der Waals surface area (Å²) in [6, 6.07) is 12.0. The molecule has 0 spiro atoms. The molecule has 7 nitrogen and oxygen atoms in total. The third kappa shape index (κ3) is 7.47. The van der Waals surface area contributed by atoms with Crippen LogP contribution in [-0.2, 0) is 14.4 Å². The molecule has 1 aliphatic heterocycles. The number of rotatable bonds is 5. The van der Waals surface area contributed by atoms with Gasteiger partial charge in [0.1, 0.15) is 18.0 Å². The number of amides is 2. The maximum Gasteiger partial charge on any atom is 0.490 e. The second-order valence-corrected chi connectivity index (χ2v) is 7.72. The highest BCUT2D eigenvalue weighted by molar-refractivity contribution is 5.93. The van der Waals surface area contributed by atoms with E-state index in [0.29, 0.717) is 12.1 Å². The Labute approximate surface area is 197 Å². The van der Waals surface area contributed by atoms with Crippen LogP contribution in [0.25, 0.3) is 11.1 Å². The number of hydrogen-bond acceptors (Lipinski definition) is 4. The van der Waals surface area contributed by atoms with Crippen LogP contribution in [0.3, 0.4) is 0 Å². The van der Waals surface area contributed by atoms with E-state index in [1.54, 1.807) is 36.4 Å². The van der Waals surface area contributed by atoms with Crippen LogP contribution in [0.2, 0.25) is 0 Å². The number of carbonyl (C=O) groups excluding carboxylic acids is 2. The largest absolute Gasteiger partial charge is 0.490 e. The maximum atomic E-state index is 13.4. The molecule has 35 heavy (non-hydrogen) atoms. The van der Waals surface area contributed by atoms with E-state index >= 15 is 0 Å². The van der Waals surface area contributed by atoms with Gasteiger partial charge in [-0.15, -0.1) is 0 Å². The first kappa shape index (κ1) is 27.7. The molecule has 1 heterocycles. The number of carboxylic acid groups (broad SMARTS) is 1. The number of likely N-dealkylation sites (N-methyl/N-ethyl adjacent to an activating group) is 1. The minimum absolute atomic E-state index is 0.0104. The van der Waals surface area contributed by atoms with Crippen LogP contribution in [0.1, 0.15) is 17.9 Å².